The van der Waals surface area contributed by atoms with Crippen LogP contribution >= 0.6 is 11.6 Å². The largest absolute Gasteiger partial charge is 0.379 e. The molecule has 9 nitrogen and oxygen atoms in total. The Labute approximate surface area is 258 Å². The number of Topliss-reactive ketones (excluding diaryl/α,β-unsaturated/α-hetero) is 1. The summed E-state index contributed by atoms with van der Waals surface area (Å²) >= 11 is 6.24. The Hall–Kier alpha value is -4.43. The molecule has 1 saturated carbocycles. The number of halogens is 2. The van der Waals surface area contributed by atoms with Crippen molar-refractivity contribution in [3.63, 3.8) is 0 Å². The molecule has 224 valence electrons. The summed E-state index contributed by atoms with van der Waals surface area (Å²) in [6.07, 6.45) is 3.50. The number of benzene rings is 2. The molecule has 1 N–H and O–H groups in total. The SMILES string of the molecule is CC[C@](O)(c1cc(F)c2c(c1)C(=O)N(Cc1ccc(C#N)cn1)[C@@]2(O[C@H]1CCC(=O)C1)c1ccc(Cl)cc1)c1ccn(C)n1. The predicted molar refractivity (Wildman–Crippen MR) is 158 cm³/mol. The number of carbonyl (C=O) groups is 2. The minimum atomic E-state index is -1.79. The highest BCUT2D eigenvalue weighted by Gasteiger charge is 2.56. The molecule has 2 aromatic carbocycles. The molecular weight excluding hydrogens is 585 g/mol. The highest BCUT2D eigenvalue weighted by Crippen LogP contribution is 2.50. The number of fused-ring (bicyclic) bond motifs is 1. The van der Waals surface area contributed by atoms with E-state index < -0.39 is 29.2 Å². The molecule has 0 saturated heterocycles. The fourth-order valence-electron chi connectivity index (χ4n) is 6.17. The Kier molecular flexibility index (Phi) is 7.58. The number of aryl methyl sites for hydroxylation is 1. The molecule has 6 rings (SSSR count). The van der Waals surface area contributed by atoms with Gasteiger partial charge in [0.1, 0.15) is 23.3 Å². The normalized spacial score (nSPS) is 20.9. The quantitative estimate of drug-likeness (QED) is 0.293. The van der Waals surface area contributed by atoms with Crippen molar-refractivity contribution in [1.82, 2.24) is 19.7 Å². The average Bonchev–Trinajstić information content (AvgIpc) is 3.71. The summed E-state index contributed by atoms with van der Waals surface area (Å²) in [5.74, 6) is -1.29. The molecule has 3 atom stereocenters. The Bertz CT molecular complexity index is 1800. The van der Waals surface area contributed by atoms with Gasteiger partial charge in [0.2, 0.25) is 5.72 Å². The van der Waals surface area contributed by atoms with E-state index in [9.17, 15) is 20.0 Å². The smallest absolute Gasteiger partial charge is 0.257 e. The van der Waals surface area contributed by atoms with Gasteiger partial charge in [-0.3, -0.25) is 24.2 Å². The number of hydrogen-bond acceptors (Lipinski definition) is 7. The minimum Gasteiger partial charge on any atom is -0.379 e. The zero-order valence-corrected chi connectivity index (χ0v) is 24.9. The van der Waals surface area contributed by atoms with E-state index in [1.807, 2.05) is 6.07 Å². The van der Waals surface area contributed by atoms with Gasteiger partial charge in [-0.05, 0) is 60.9 Å². The average molecular weight is 614 g/mol. The van der Waals surface area contributed by atoms with Gasteiger partial charge in [-0.15, -0.1) is 0 Å². The molecule has 1 aliphatic carbocycles. The van der Waals surface area contributed by atoms with Gasteiger partial charge in [-0.25, -0.2) is 4.39 Å². The van der Waals surface area contributed by atoms with Gasteiger partial charge in [0.25, 0.3) is 5.91 Å². The summed E-state index contributed by atoms with van der Waals surface area (Å²) in [5.41, 5.74) is -1.78. The van der Waals surface area contributed by atoms with Crippen molar-refractivity contribution in [1.29, 1.82) is 5.26 Å². The van der Waals surface area contributed by atoms with Crippen LogP contribution in [-0.2, 0) is 34.4 Å². The first-order valence-electron chi connectivity index (χ1n) is 14.3. The first-order valence-corrected chi connectivity index (χ1v) is 14.7. The molecule has 1 fully saturated rings. The van der Waals surface area contributed by atoms with Crippen LogP contribution in [0.1, 0.15) is 76.6 Å². The molecule has 0 unspecified atom stereocenters. The monoisotopic (exact) mass is 613 g/mol. The Balaban J connectivity index is 1.58. The van der Waals surface area contributed by atoms with E-state index in [4.69, 9.17) is 16.3 Å². The number of aromatic nitrogens is 3. The summed E-state index contributed by atoms with van der Waals surface area (Å²) in [6.45, 7) is 1.65. The van der Waals surface area contributed by atoms with Crippen molar-refractivity contribution in [2.75, 3.05) is 0 Å². The maximum Gasteiger partial charge on any atom is 0.257 e. The van der Waals surface area contributed by atoms with E-state index in [0.717, 1.165) is 0 Å². The molecule has 2 aliphatic rings. The molecular formula is C33H29ClFN5O4. The number of rotatable bonds is 8. The number of aliphatic hydroxyl groups is 1. The number of ether oxygens (including phenoxy) is 1. The van der Waals surface area contributed by atoms with Gasteiger partial charge in [0.05, 0.1) is 40.7 Å². The molecule has 3 heterocycles. The van der Waals surface area contributed by atoms with E-state index in [0.29, 0.717) is 40.4 Å². The third kappa shape index (κ3) is 4.87. The maximum atomic E-state index is 16.8. The third-order valence-corrected chi connectivity index (χ3v) is 8.71. The molecule has 2 aromatic heterocycles. The molecule has 0 bridgehead atoms. The summed E-state index contributed by atoms with van der Waals surface area (Å²) in [6, 6.07) is 16.2. The molecule has 1 aliphatic heterocycles. The van der Waals surface area contributed by atoms with Crippen molar-refractivity contribution < 1.29 is 23.8 Å². The number of hydrogen-bond donors (Lipinski definition) is 1. The van der Waals surface area contributed by atoms with Gasteiger partial charge in [0, 0.05) is 42.9 Å². The van der Waals surface area contributed by atoms with Gasteiger partial charge in [-0.2, -0.15) is 10.4 Å². The Morgan fingerprint density at radius 2 is 1.98 bits per heavy atom. The second-order valence-electron chi connectivity index (χ2n) is 11.2. The fourth-order valence-corrected chi connectivity index (χ4v) is 6.29. The van der Waals surface area contributed by atoms with Crippen molar-refractivity contribution in [3.8, 4) is 6.07 Å². The summed E-state index contributed by atoms with van der Waals surface area (Å²) in [5, 5.41) is 25.9. The summed E-state index contributed by atoms with van der Waals surface area (Å²) in [4.78, 5) is 32.6. The van der Waals surface area contributed by atoms with Crippen LogP contribution in [0.25, 0.3) is 0 Å². The van der Waals surface area contributed by atoms with Crippen molar-refractivity contribution in [2.24, 2.45) is 7.05 Å². The lowest BCUT2D eigenvalue weighted by Crippen LogP contribution is -2.48. The van der Waals surface area contributed by atoms with Gasteiger partial charge < -0.3 is 9.84 Å². The lowest BCUT2D eigenvalue weighted by Gasteiger charge is -2.41. The van der Waals surface area contributed by atoms with Crippen LogP contribution in [0.4, 0.5) is 4.39 Å². The number of carbonyl (C=O) groups excluding carboxylic acids is 2. The van der Waals surface area contributed by atoms with Crippen molar-refractivity contribution in [2.45, 2.75) is 56.6 Å². The van der Waals surface area contributed by atoms with E-state index in [-0.39, 0.29) is 41.9 Å². The lowest BCUT2D eigenvalue weighted by molar-refractivity contribution is -0.149. The number of nitriles is 1. The van der Waals surface area contributed by atoms with Crippen molar-refractivity contribution in [3.05, 3.63) is 117 Å². The number of pyridine rings is 1. The van der Waals surface area contributed by atoms with Crippen LogP contribution in [0.2, 0.25) is 5.02 Å². The molecule has 0 radical (unpaired) electrons. The fraction of sp³-hybridized carbons (Fsp3) is 0.303. The first-order chi connectivity index (χ1) is 21.1. The second-order valence-corrected chi connectivity index (χ2v) is 11.6. The molecule has 44 heavy (non-hydrogen) atoms. The second kappa shape index (κ2) is 11.2. The highest BCUT2D eigenvalue weighted by atomic mass is 35.5. The van der Waals surface area contributed by atoms with Crippen LogP contribution in [0.3, 0.4) is 0 Å². The van der Waals surface area contributed by atoms with E-state index in [1.165, 1.54) is 23.2 Å². The molecule has 4 aromatic rings. The number of amides is 1. The Morgan fingerprint density at radius 3 is 2.57 bits per heavy atom. The third-order valence-electron chi connectivity index (χ3n) is 8.46. The van der Waals surface area contributed by atoms with Crippen molar-refractivity contribution >= 4 is 23.3 Å². The maximum absolute atomic E-state index is 16.8. The van der Waals surface area contributed by atoms with Gasteiger partial charge in [-0.1, -0.05) is 30.7 Å². The number of nitrogens with zero attached hydrogens (tertiary/aromatic N) is 5. The zero-order chi connectivity index (χ0) is 31.2. The van der Waals surface area contributed by atoms with E-state index in [2.05, 4.69) is 10.1 Å². The van der Waals surface area contributed by atoms with Crippen LogP contribution in [-0.4, -0.2) is 42.6 Å². The lowest BCUT2D eigenvalue weighted by atomic mass is 9.84. The highest BCUT2D eigenvalue weighted by molar-refractivity contribution is 6.30. The van der Waals surface area contributed by atoms with Crippen LogP contribution in [0.5, 0.6) is 0 Å². The zero-order valence-electron chi connectivity index (χ0n) is 24.1. The van der Waals surface area contributed by atoms with Gasteiger partial charge in [0.15, 0.2) is 0 Å². The standard InChI is InChI=1S/C33H29ClFN5O4/c1-3-32(43,29-12-13-39(2)38-29)22-14-27-30(28(35)15-22)33(21-5-7-23(34)8-6-21,44-26-11-10-25(41)16-26)40(31(27)42)19-24-9-4-20(17-36)18-37-24/h4-9,12-15,18,26,43H,3,10-11,16,19H2,1-2H3/t26-,32-,33+/m0/s1. The van der Waals surface area contributed by atoms with Crippen LogP contribution in [0, 0.1) is 17.1 Å². The van der Waals surface area contributed by atoms with E-state index in [1.54, 1.807) is 67.3 Å². The van der Waals surface area contributed by atoms with Crippen LogP contribution in [0.15, 0.2) is 67.0 Å². The van der Waals surface area contributed by atoms with E-state index >= 15 is 4.39 Å². The minimum absolute atomic E-state index is 0.00993. The van der Waals surface area contributed by atoms with Gasteiger partial charge >= 0.3 is 0 Å². The first kappa shape index (κ1) is 29.6. The predicted octanol–water partition coefficient (Wildman–Crippen LogP) is 5.12. The number of ketones is 1. The summed E-state index contributed by atoms with van der Waals surface area (Å²) in [7, 11) is 1.72. The van der Waals surface area contributed by atoms with Crippen LogP contribution < -0.4 is 0 Å². The molecule has 1 amide bonds. The molecule has 11 heteroatoms. The molecule has 0 spiro atoms. The summed E-state index contributed by atoms with van der Waals surface area (Å²) < 4.78 is 25.1. The Morgan fingerprint density at radius 1 is 1.20 bits per heavy atom. The topological polar surface area (TPSA) is 121 Å².